The van der Waals surface area contributed by atoms with E-state index in [-0.39, 0.29) is 54.0 Å². The molecule has 2 N–H and O–H groups in total. The first-order chi connectivity index (χ1) is 22.4. The van der Waals surface area contributed by atoms with E-state index in [0.717, 1.165) is 0 Å². The number of benzene rings is 1. The van der Waals surface area contributed by atoms with Crippen molar-refractivity contribution in [3.8, 4) is 22.2 Å². The van der Waals surface area contributed by atoms with Gasteiger partial charge in [-0.25, -0.2) is 37.5 Å². The van der Waals surface area contributed by atoms with Crippen molar-refractivity contribution in [1.82, 2.24) is 24.8 Å². The average molecular weight is 712 g/mol. The van der Waals surface area contributed by atoms with Crippen LogP contribution in [0.5, 0.6) is 11.6 Å². The van der Waals surface area contributed by atoms with Gasteiger partial charge in [-0.05, 0) is 40.7 Å². The van der Waals surface area contributed by atoms with Gasteiger partial charge in [0.15, 0.2) is 11.5 Å². The van der Waals surface area contributed by atoms with Crippen molar-refractivity contribution in [1.29, 1.82) is 0 Å². The molecule has 12 nitrogen and oxygen atoms in total. The van der Waals surface area contributed by atoms with Crippen LogP contribution in [0.2, 0.25) is 0 Å². The van der Waals surface area contributed by atoms with Crippen LogP contribution >= 0.6 is 11.3 Å². The summed E-state index contributed by atoms with van der Waals surface area (Å²) in [6.07, 6.45) is -5.20. The zero-order valence-electron chi connectivity index (χ0n) is 26.6. The zero-order chi connectivity index (χ0) is 35.0. The number of carbonyl (C=O) groups is 1. The van der Waals surface area contributed by atoms with E-state index in [1.165, 1.54) is 35.4 Å². The smallest absolute Gasteiger partial charge is 0.410 e. The number of nitrogens with zero attached hydrogens (tertiary/aromatic N) is 5. The maximum absolute atomic E-state index is 14.7. The summed E-state index contributed by atoms with van der Waals surface area (Å²) < 4.78 is 91.4. The molecule has 1 aromatic carbocycles. The van der Waals surface area contributed by atoms with Crippen LogP contribution in [0.25, 0.3) is 21.3 Å². The van der Waals surface area contributed by atoms with Gasteiger partial charge in [-0.15, -0.1) is 11.3 Å². The molecule has 0 spiro atoms. The van der Waals surface area contributed by atoms with Gasteiger partial charge in [0.25, 0.3) is 0 Å². The Labute approximate surface area is 278 Å². The highest BCUT2D eigenvalue weighted by Gasteiger charge is 2.36. The Balaban J connectivity index is 1.41. The van der Waals surface area contributed by atoms with Crippen LogP contribution in [0, 0.1) is 13.8 Å². The van der Waals surface area contributed by atoms with Crippen molar-refractivity contribution in [3.63, 3.8) is 0 Å². The van der Waals surface area contributed by atoms with Gasteiger partial charge in [0.05, 0.1) is 22.9 Å². The molecule has 3 aromatic heterocycles. The number of amides is 1. The molecule has 5 rings (SSSR count). The van der Waals surface area contributed by atoms with Crippen molar-refractivity contribution >= 4 is 50.0 Å². The number of rotatable bonds is 8. The minimum absolute atomic E-state index is 0.0851. The van der Waals surface area contributed by atoms with Crippen LogP contribution in [0.15, 0.2) is 36.5 Å². The highest BCUT2D eigenvalue weighted by molar-refractivity contribution is 7.92. The number of likely N-dealkylation sites (tertiary alicyclic amines) is 1. The van der Waals surface area contributed by atoms with Gasteiger partial charge in [-0.2, -0.15) is 13.2 Å². The number of piperidine rings is 1. The lowest BCUT2D eigenvalue weighted by atomic mass is 10.0. The van der Waals surface area contributed by atoms with E-state index in [1.807, 2.05) is 4.72 Å². The molecule has 1 aliphatic rings. The number of aryl methyl sites for hydroxylation is 2. The molecule has 1 amide bonds. The molecule has 1 saturated heterocycles. The fraction of sp³-hybridized carbons (Fsp3) is 0.433. The summed E-state index contributed by atoms with van der Waals surface area (Å²) >= 11 is 1.28. The number of pyridine rings is 1. The average Bonchev–Trinajstić information content (AvgIpc) is 3.32. The Morgan fingerprint density at radius 3 is 2.46 bits per heavy atom. The quantitative estimate of drug-likeness (QED) is 0.191. The maximum Gasteiger partial charge on any atom is 0.410 e. The van der Waals surface area contributed by atoms with Crippen molar-refractivity contribution in [3.05, 3.63) is 47.2 Å². The summed E-state index contributed by atoms with van der Waals surface area (Å²) in [4.78, 5) is 32.1. The summed E-state index contributed by atoms with van der Waals surface area (Å²) in [6, 6.07) is 7.52. The number of ether oxygens (including phenoxy) is 2. The third kappa shape index (κ3) is 8.77. The number of thiazole rings is 1. The molecule has 0 bridgehead atoms. The Kier molecular flexibility index (Phi) is 9.69. The lowest BCUT2D eigenvalue weighted by Gasteiger charge is -2.36. The van der Waals surface area contributed by atoms with Crippen LogP contribution < -0.4 is 14.8 Å². The lowest BCUT2D eigenvalue weighted by molar-refractivity contribution is -0.106. The molecular weight excluding hydrogens is 678 g/mol. The molecule has 258 valence electrons. The third-order valence-electron chi connectivity index (χ3n) is 6.82. The normalized spacial score (nSPS) is 17.3. The van der Waals surface area contributed by atoms with Gasteiger partial charge in [0.1, 0.15) is 22.5 Å². The summed E-state index contributed by atoms with van der Waals surface area (Å²) in [5.41, 5.74) is -0.117. The van der Waals surface area contributed by atoms with Crippen molar-refractivity contribution in [2.24, 2.45) is 0 Å². The van der Waals surface area contributed by atoms with Gasteiger partial charge < -0.3 is 19.7 Å². The standard InChI is InChI=1S/C30H33F4N7O5S2/c1-16-23(20-8-6-7-9-21(20)25(36-16)40-48(43,44)15-30(32,33)34)45-26-24(47-17(2)37-26)22-10-11-35-27(39-22)38-19-12-18(31)13-41(14-19)28(42)46-29(3,4)5/h6-11,18-19H,12-15H2,1-5H3,(H,36,40)(H,35,38,39)/t18-,19-/m0/s1. The third-order valence-corrected chi connectivity index (χ3v) is 9.00. The maximum atomic E-state index is 14.7. The number of halogens is 4. The molecule has 1 fully saturated rings. The van der Waals surface area contributed by atoms with Crippen LogP contribution in [0.1, 0.15) is 37.9 Å². The number of aromatic nitrogens is 4. The van der Waals surface area contributed by atoms with Crippen LogP contribution in [-0.2, 0) is 14.8 Å². The van der Waals surface area contributed by atoms with Gasteiger partial charge in [-0.3, -0.25) is 4.72 Å². The van der Waals surface area contributed by atoms with Gasteiger partial charge in [0, 0.05) is 36.0 Å². The summed E-state index contributed by atoms with van der Waals surface area (Å²) in [5, 5.41) is 4.33. The number of nitrogens with one attached hydrogen (secondary N) is 2. The van der Waals surface area contributed by atoms with E-state index >= 15 is 0 Å². The number of hydrogen-bond donors (Lipinski definition) is 2. The van der Waals surface area contributed by atoms with Crippen LogP contribution in [0.4, 0.5) is 34.1 Å². The number of carbonyl (C=O) groups excluding carboxylic acids is 1. The van der Waals surface area contributed by atoms with Crippen molar-refractivity contribution in [2.75, 3.05) is 28.9 Å². The van der Waals surface area contributed by atoms with E-state index in [0.29, 0.717) is 21.0 Å². The monoisotopic (exact) mass is 711 g/mol. The Hall–Kier alpha value is -4.32. The Morgan fingerprint density at radius 2 is 1.77 bits per heavy atom. The van der Waals surface area contributed by atoms with E-state index in [1.54, 1.807) is 52.0 Å². The fourth-order valence-corrected chi connectivity index (χ4v) is 6.83. The first-order valence-electron chi connectivity index (χ1n) is 14.7. The predicted molar refractivity (Wildman–Crippen MR) is 173 cm³/mol. The topological polar surface area (TPSA) is 149 Å². The molecule has 1 aliphatic heterocycles. The van der Waals surface area contributed by atoms with E-state index in [2.05, 4.69) is 25.3 Å². The van der Waals surface area contributed by atoms with Crippen LogP contribution in [0.3, 0.4) is 0 Å². The molecular formula is C30H33F4N7O5S2. The van der Waals surface area contributed by atoms with Gasteiger partial charge >= 0.3 is 12.3 Å². The molecule has 4 aromatic rings. The Bertz CT molecular complexity index is 1930. The second kappa shape index (κ2) is 13.3. The van der Waals surface area contributed by atoms with Crippen molar-refractivity contribution < 1.29 is 40.2 Å². The first-order valence-corrected chi connectivity index (χ1v) is 17.2. The van der Waals surface area contributed by atoms with E-state index < -0.39 is 45.9 Å². The SMILES string of the molecule is Cc1nc(Oc2c(C)nc(NS(=O)(=O)CC(F)(F)F)c3ccccc23)c(-c2ccnc(N[C@H]3C[C@H](F)CN(C(=O)OC(C)(C)C)C3)n2)s1. The number of sulfonamides is 1. The van der Waals surface area contributed by atoms with Crippen LogP contribution in [-0.4, -0.2) is 82.2 Å². The summed E-state index contributed by atoms with van der Waals surface area (Å²) in [6.45, 7) is 8.58. The Morgan fingerprint density at radius 1 is 1.06 bits per heavy atom. The molecule has 2 atom stereocenters. The van der Waals surface area contributed by atoms with Crippen molar-refractivity contribution in [2.45, 2.75) is 65.0 Å². The summed E-state index contributed by atoms with van der Waals surface area (Å²) in [7, 11) is -4.80. The number of fused-ring (bicyclic) bond motifs is 1. The second-order valence-corrected chi connectivity index (χ2v) is 15.1. The number of alkyl halides is 4. The molecule has 18 heteroatoms. The predicted octanol–water partition coefficient (Wildman–Crippen LogP) is 6.62. The molecule has 0 aliphatic carbocycles. The molecule has 0 unspecified atom stereocenters. The van der Waals surface area contributed by atoms with Gasteiger partial charge in [0.2, 0.25) is 21.9 Å². The summed E-state index contributed by atoms with van der Waals surface area (Å²) in [5.74, 6) is -1.79. The highest BCUT2D eigenvalue weighted by Crippen LogP contribution is 2.41. The molecule has 0 radical (unpaired) electrons. The second-order valence-electron chi connectivity index (χ2n) is 12.2. The fourth-order valence-electron chi connectivity index (χ4n) is 5.06. The number of hydrogen-bond acceptors (Lipinski definition) is 11. The minimum Gasteiger partial charge on any atom is -0.444 e. The molecule has 0 saturated carbocycles. The zero-order valence-corrected chi connectivity index (χ0v) is 28.2. The van der Waals surface area contributed by atoms with E-state index in [4.69, 9.17) is 9.47 Å². The molecule has 48 heavy (non-hydrogen) atoms. The van der Waals surface area contributed by atoms with E-state index in [9.17, 15) is 30.8 Å². The first kappa shape index (κ1) is 35.0. The van der Waals surface area contributed by atoms with Gasteiger partial charge in [-0.1, -0.05) is 24.3 Å². The lowest BCUT2D eigenvalue weighted by Crippen LogP contribution is -2.51. The highest BCUT2D eigenvalue weighted by atomic mass is 32.2. The largest absolute Gasteiger partial charge is 0.444 e. The minimum atomic E-state index is -4.94. The number of anilines is 2. The molecule has 4 heterocycles.